The van der Waals surface area contributed by atoms with E-state index in [0.717, 1.165) is 75.1 Å². The Morgan fingerprint density at radius 1 is 1.04 bits per heavy atom. The summed E-state index contributed by atoms with van der Waals surface area (Å²) in [6, 6.07) is 3.80. The minimum absolute atomic E-state index is 0.0846. The van der Waals surface area contributed by atoms with Gasteiger partial charge in [-0.3, -0.25) is 14.5 Å². The molecule has 254 valence electrons. The lowest BCUT2D eigenvalue weighted by molar-refractivity contribution is -0.223. The number of likely N-dealkylation sites (tertiary alicyclic amines) is 1. The van der Waals surface area contributed by atoms with Crippen LogP contribution in [0.2, 0.25) is 0 Å². The molecule has 0 aromatic heterocycles. The van der Waals surface area contributed by atoms with Crippen LogP contribution in [0, 0.1) is 5.92 Å². The molecule has 5 N–H and O–H groups in total. The lowest BCUT2D eigenvalue weighted by atomic mass is 9.48. The molecule has 1 amide bonds. The number of phenols is 1. The third-order valence-electron chi connectivity index (χ3n) is 11.7. The van der Waals surface area contributed by atoms with Crippen LogP contribution in [0.5, 0.6) is 11.5 Å². The van der Waals surface area contributed by atoms with Crippen LogP contribution in [0.3, 0.4) is 0 Å². The zero-order valence-electron chi connectivity index (χ0n) is 26.4. The Morgan fingerprint density at radius 2 is 1.74 bits per heavy atom. The minimum atomic E-state index is -2.27. The molecule has 13 nitrogen and oxygen atoms in total. The highest BCUT2D eigenvalue weighted by Gasteiger charge is 2.76. The number of aromatic hydroxyl groups is 1. The van der Waals surface area contributed by atoms with Crippen molar-refractivity contribution in [1.82, 2.24) is 9.80 Å². The maximum absolute atomic E-state index is 13.7. The quantitative estimate of drug-likeness (QED) is 0.266. The number of hydrogen-bond donors (Lipinski definition) is 5. The van der Waals surface area contributed by atoms with E-state index in [1.54, 1.807) is 6.07 Å². The second kappa shape index (κ2) is 11.5. The second-order valence-electron chi connectivity index (χ2n) is 14.2. The van der Waals surface area contributed by atoms with Crippen molar-refractivity contribution in [2.24, 2.45) is 5.92 Å². The predicted molar refractivity (Wildman–Crippen MR) is 163 cm³/mol. The number of aliphatic hydroxyl groups excluding tert-OH is 2. The summed E-state index contributed by atoms with van der Waals surface area (Å²) >= 11 is 0. The van der Waals surface area contributed by atoms with Gasteiger partial charge in [-0.25, -0.2) is 9.59 Å². The summed E-state index contributed by atoms with van der Waals surface area (Å²) in [4.78, 5) is 50.7. The number of benzene rings is 1. The van der Waals surface area contributed by atoms with Crippen LogP contribution < -0.4 is 4.74 Å². The van der Waals surface area contributed by atoms with Crippen LogP contribution in [0.25, 0.3) is 0 Å². The second-order valence-corrected chi connectivity index (χ2v) is 14.2. The number of carboxylic acids is 2. The van der Waals surface area contributed by atoms with Gasteiger partial charge in [-0.1, -0.05) is 6.07 Å². The maximum Gasteiger partial charge on any atom is 0.335 e. The molecule has 2 unspecified atom stereocenters. The number of aliphatic hydroxyl groups is 2. The van der Waals surface area contributed by atoms with Crippen molar-refractivity contribution in [3.63, 3.8) is 0 Å². The zero-order valence-corrected chi connectivity index (χ0v) is 26.4. The van der Waals surface area contributed by atoms with Crippen LogP contribution in [-0.2, 0) is 35.8 Å². The Balaban J connectivity index is 0.000000308. The fraction of sp³-hybridized carbons (Fsp3) is 0.647. The molecular weight excluding hydrogens is 612 g/mol. The summed E-state index contributed by atoms with van der Waals surface area (Å²) in [7, 11) is 0. The average Bonchev–Trinajstić information content (AvgIpc) is 3.69. The highest BCUT2D eigenvalue weighted by Crippen LogP contribution is 2.67. The van der Waals surface area contributed by atoms with Crippen molar-refractivity contribution >= 4 is 23.8 Å². The van der Waals surface area contributed by atoms with E-state index in [0.29, 0.717) is 18.7 Å². The largest absolute Gasteiger partial charge is 0.504 e. The topological polar surface area (TPSA) is 194 Å². The molecule has 7 aliphatic rings. The number of carbonyl (C=O) groups excluding carboxylic acids is 2. The number of aliphatic carboxylic acids is 2. The number of rotatable bonds is 7. The number of hydrogen-bond acceptors (Lipinski definition) is 10. The molecule has 2 saturated carbocycles. The summed E-state index contributed by atoms with van der Waals surface area (Å²) in [6.07, 6.45) is 4.90. The number of phenolic OH excluding ortho intramolecular Hbond substituents is 1. The molecule has 1 aromatic rings. The van der Waals surface area contributed by atoms with E-state index >= 15 is 0 Å². The molecule has 13 heteroatoms. The van der Waals surface area contributed by atoms with Crippen molar-refractivity contribution in [3.8, 4) is 11.5 Å². The van der Waals surface area contributed by atoms with E-state index in [-0.39, 0.29) is 35.8 Å². The van der Waals surface area contributed by atoms with Gasteiger partial charge in [0.05, 0.1) is 17.5 Å². The molecule has 1 aromatic carbocycles. The average molecular weight is 655 g/mol. The molecule has 7 atom stereocenters. The summed E-state index contributed by atoms with van der Waals surface area (Å²) < 4.78 is 13.3. The van der Waals surface area contributed by atoms with Gasteiger partial charge in [0.2, 0.25) is 5.91 Å². The van der Waals surface area contributed by atoms with Crippen molar-refractivity contribution in [3.05, 3.63) is 34.4 Å². The van der Waals surface area contributed by atoms with Crippen molar-refractivity contribution in [2.45, 2.75) is 113 Å². The molecule has 47 heavy (non-hydrogen) atoms. The van der Waals surface area contributed by atoms with Gasteiger partial charge >= 0.3 is 17.9 Å². The number of piperidine rings is 1. The van der Waals surface area contributed by atoms with Gasteiger partial charge in [0, 0.05) is 31.1 Å². The van der Waals surface area contributed by atoms with E-state index in [4.69, 9.17) is 29.9 Å². The molecule has 1 spiro atoms. The van der Waals surface area contributed by atoms with Gasteiger partial charge in [-0.2, -0.15) is 0 Å². The Morgan fingerprint density at radius 3 is 2.38 bits per heavy atom. The molecular formula is C34H42N2O11. The zero-order chi connectivity index (χ0) is 33.4. The lowest BCUT2D eigenvalue weighted by Crippen LogP contribution is -2.79. The third-order valence-corrected chi connectivity index (χ3v) is 11.7. The van der Waals surface area contributed by atoms with Crippen LogP contribution in [0.1, 0.15) is 75.8 Å². The molecule has 8 rings (SSSR count). The molecule has 2 bridgehead atoms. The van der Waals surface area contributed by atoms with Gasteiger partial charge in [0.15, 0.2) is 23.7 Å². The number of amides is 1. The molecule has 1 saturated heterocycles. The van der Waals surface area contributed by atoms with Crippen LogP contribution >= 0.6 is 0 Å². The fourth-order valence-corrected chi connectivity index (χ4v) is 9.60. The van der Waals surface area contributed by atoms with E-state index in [9.17, 15) is 24.3 Å². The van der Waals surface area contributed by atoms with Gasteiger partial charge in [0.25, 0.3) is 0 Å². The first-order valence-electron chi connectivity index (χ1n) is 16.7. The fourth-order valence-electron chi connectivity index (χ4n) is 9.60. The Kier molecular flexibility index (Phi) is 7.79. The number of ether oxygens (including phenoxy) is 2. The van der Waals surface area contributed by atoms with Gasteiger partial charge in [-0.15, -0.1) is 0 Å². The first kappa shape index (κ1) is 31.9. The normalized spacial score (nSPS) is 33.1. The monoisotopic (exact) mass is 654 g/mol. The summed E-state index contributed by atoms with van der Waals surface area (Å²) in [6.45, 7) is 4.21. The Bertz CT molecular complexity index is 1540. The highest BCUT2D eigenvalue weighted by molar-refractivity contribution is 5.97. The third kappa shape index (κ3) is 4.83. The first-order chi connectivity index (χ1) is 22.4. The minimum Gasteiger partial charge on any atom is -0.504 e. The summed E-state index contributed by atoms with van der Waals surface area (Å²) in [5, 5.41) is 43.5. The van der Waals surface area contributed by atoms with Gasteiger partial charge < -0.3 is 39.9 Å². The Labute approximate surface area is 271 Å². The highest BCUT2D eigenvalue weighted by atomic mass is 16.6. The lowest BCUT2D eigenvalue weighted by Gasteiger charge is -2.65. The van der Waals surface area contributed by atoms with Crippen molar-refractivity contribution < 1.29 is 54.2 Å². The SMILES string of the molecule is CC(=O)O[C@@]12CC[C@@H](N3CC4=C(CCCC4)C3=O)[C@@H]3Oc4c(O)ccc5c4[C@@]31CCN(CC1CC1)[C@@H]2C5.O=C(O)C(O)C(O)C(=O)O. The Hall–Kier alpha value is -3.68. The summed E-state index contributed by atoms with van der Waals surface area (Å²) in [5.74, 6) is -2.15. The molecule has 0 radical (unpaired) electrons. The van der Waals surface area contributed by atoms with Gasteiger partial charge in [0.1, 0.15) is 11.7 Å². The smallest absolute Gasteiger partial charge is 0.335 e. The molecule has 3 heterocycles. The first-order valence-corrected chi connectivity index (χ1v) is 16.7. The van der Waals surface area contributed by atoms with E-state index in [1.165, 1.54) is 30.9 Å². The predicted octanol–water partition coefficient (Wildman–Crippen LogP) is 1.49. The van der Waals surface area contributed by atoms with E-state index in [2.05, 4.69) is 15.9 Å². The van der Waals surface area contributed by atoms with Crippen molar-refractivity contribution in [1.29, 1.82) is 0 Å². The van der Waals surface area contributed by atoms with Crippen LogP contribution in [-0.4, -0.2) is 115 Å². The number of carboxylic acid groups (broad SMARTS) is 2. The molecule has 3 fully saturated rings. The number of nitrogens with zero attached hydrogens (tertiary/aromatic N) is 2. The van der Waals surface area contributed by atoms with E-state index in [1.807, 2.05) is 0 Å². The molecule has 3 aliphatic heterocycles. The standard InChI is InChI=1S/C30H36N2O5.C4H6O6/c1-17(33)37-30-11-10-22(32-16-20-4-2-3-5-21(20)28(32)35)27-29(30)12-13-31(15-18-6-7-18)24(30)14-19-8-9-23(34)26(36-27)25(19)29;5-1(3(7)8)2(6)4(9)10/h8-9,18,22,24,27,34H,2-7,10-16H2,1H3;1-2,5-6H,(H,7,8)(H,9,10)/t22-,24-,27+,29+,30-;/m1./s1. The van der Waals surface area contributed by atoms with Crippen molar-refractivity contribution in [2.75, 3.05) is 19.6 Å². The van der Waals surface area contributed by atoms with Gasteiger partial charge in [-0.05, 0) is 93.9 Å². The number of esters is 1. The van der Waals surface area contributed by atoms with E-state index < -0.39 is 35.2 Å². The number of carbonyl (C=O) groups is 4. The molecule has 4 aliphatic carbocycles. The van der Waals surface area contributed by atoms with Crippen LogP contribution in [0.4, 0.5) is 0 Å². The van der Waals surface area contributed by atoms with Crippen LogP contribution in [0.15, 0.2) is 23.3 Å². The maximum atomic E-state index is 13.7. The summed E-state index contributed by atoms with van der Waals surface area (Å²) in [5.41, 5.74) is 3.32.